The Hall–Kier alpha value is -2.18. The average Bonchev–Trinajstić information content (AvgIpc) is 3.13. The lowest BCUT2D eigenvalue weighted by molar-refractivity contribution is -0.138. The topological polar surface area (TPSA) is 83.6 Å². The zero-order valence-electron chi connectivity index (χ0n) is 11.1. The number of carboxylic acids is 1. The number of rotatable bonds is 3. The molecule has 108 valence electrons. The molecular weight excluding hydrogens is 288 g/mol. The number of benzene rings is 1. The SMILES string of the molecule is NC(C(=O)N1CC(C(=O)O)c2ccccc21)c1cccs1. The second kappa shape index (κ2) is 5.31. The van der Waals surface area contributed by atoms with Crippen molar-refractivity contribution in [3.05, 3.63) is 52.2 Å². The molecular formula is C15H14N2O3S. The fourth-order valence-electron chi connectivity index (χ4n) is 2.58. The van der Waals surface area contributed by atoms with Gasteiger partial charge in [0.1, 0.15) is 12.0 Å². The molecule has 2 aromatic rings. The third kappa shape index (κ3) is 2.32. The van der Waals surface area contributed by atoms with Gasteiger partial charge in [-0.25, -0.2) is 0 Å². The quantitative estimate of drug-likeness (QED) is 0.908. The Labute approximate surface area is 125 Å². The van der Waals surface area contributed by atoms with Crippen LogP contribution >= 0.6 is 11.3 Å². The molecule has 0 aliphatic carbocycles. The van der Waals surface area contributed by atoms with Crippen molar-refractivity contribution < 1.29 is 14.7 Å². The number of hydrogen-bond acceptors (Lipinski definition) is 4. The number of nitrogens with zero attached hydrogens (tertiary/aromatic N) is 1. The zero-order chi connectivity index (χ0) is 15.0. The Morgan fingerprint density at radius 1 is 1.29 bits per heavy atom. The molecule has 2 heterocycles. The molecule has 0 saturated heterocycles. The molecule has 1 aromatic carbocycles. The van der Waals surface area contributed by atoms with Gasteiger partial charge in [0.05, 0.1) is 0 Å². The maximum Gasteiger partial charge on any atom is 0.312 e. The summed E-state index contributed by atoms with van der Waals surface area (Å²) in [6, 6.07) is 9.97. The molecule has 1 aromatic heterocycles. The normalized spacial score (nSPS) is 18.3. The lowest BCUT2D eigenvalue weighted by Crippen LogP contribution is -2.38. The van der Waals surface area contributed by atoms with Gasteiger partial charge in [-0.1, -0.05) is 24.3 Å². The van der Waals surface area contributed by atoms with Crippen LogP contribution in [0, 0.1) is 0 Å². The summed E-state index contributed by atoms with van der Waals surface area (Å²) in [5.74, 6) is -1.89. The van der Waals surface area contributed by atoms with E-state index >= 15 is 0 Å². The lowest BCUT2D eigenvalue weighted by atomic mass is 10.0. The third-order valence-electron chi connectivity index (χ3n) is 3.65. The summed E-state index contributed by atoms with van der Waals surface area (Å²) in [4.78, 5) is 26.2. The van der Waals surface area contributed by atoms with E-state index in [2.05, 4.69) is 0 Å². The number of thiophene rings is 1. The van der Waals surface area contributed by atoms with Crippen LogP contribution in [0.3, 0.4) is 0 Å². The number of aliphatic carboxylic acids is 1. The van der Waals surface area contributed by atoms with Crippen molar-refractivity contribution in [2.75, 3.05) is 11.4 Å². The van der Waals surface area contributed by atoms with Crippen LogP contribution in [0.2, 0.25) is 0 Å². The third-order valence-corrected chi connectivity index (χ3v) is 4.60. The molecule has 6 heteroatoms. The molecule has 0 spiro atoms. The van der Waals surface area contributed by atoms with Crippen LogP contribution in [0.25, 0.3) is 0 Å². The van der Waals surface area contributed by atoms with Crippen molar-refractivity contribution in [3.63, 3.8) is 0 Å². The first-order valence-electron chi connectivity index (χ1n) is 6.51. The standard InChI is InChI=1S/C15H14N2O3S/c16-13(12-6-3-7-21-12)14(18)17-8-10(15(19)20)9-4-1-2-5-11(9)17/h1-7,10,13H,8,16H2,(H,19,20). The molecule has 0 fully saturated rings. The molecule has 5 nitrogen and oxygen atoms in total. The van der Waals surface area contributed by atoms with Crippen molar-refractivity contribution in [1.29, 1.82) is 0 Å². The fourth-order valence-corrected chi connectivity index (χ4v) is 3.30. The number of carbonyl (C=O) groups excluding carboxylic acids is 1. The van der Waals surface area contributed by atoms with Crippen LogP contribution in [-0.2, 0) is 9.59 Å². The molecule has 3 N–H and O–H groups in total. The van der Waals surface area contributed by atoms with E-state index in [1.54, 1.807) is 24.3 Å². The van der Waals surface area contributed by atoms with Gasteiger partial charge < -0.3 is 15.7 Å². The number of nitrogens with two attached hydrogens (primary N) is 1. The van der Waals surface area contributed by atoms with Crippen molar-refractivity contribution >= 4 is 28.9 Å². The molecule has 0 saturated carbocycles. The van der Waals surface area contributed by atoms with Gasteiger partial charge in [0, 0.05) is 17.1 Å². The average molecular weight is 302 g/mol. The van der Waals surface area contributed by atoms with Crippen LogP contribution < -0.4 is 10.6 Å². The smallest absolute Gasteiger partial charge is 0.312 e. The summed E-state index contributed by atoms with van der Waals surface area (Å²) >= 11 is 1.42. The first-order chi connectivity index (χ1) is 10.1. The van der Waals surface area contributed by atoms with Gasteiger partial charge >= 0.3 is 5.97 Å². The van der Waals surface area contributed by atoms with E-state index in [4.69, 9.17) is 5.73 Å². The summed E-state index contributed by atoms with van der Waals surface area (Å²) < 4.78 is 0. The number of hydrogen-bond donors (Lipinski definition) is 2. The highest BCUT2D eigenvalue weighted by atomic mass is 32.1. The van der Waals surface area contributed by atoms with Gasteiger partial charge in [0.25, 0.3) is 0 Å². The van der Waals surface area contributed by atoms with Gasteiger partial charge in [0.2, 0.25) is 5.91 Å². The van der Waals surface area contributed by atoms with E-state index in [-0.39, 0.29) is 12.5 Å². The van der Waals surface area contributed by atoms with Gasteiger partial charge in [-0.3, -0.25) is 9.59 Å². The zero-order valence-corrected chi connectivity index (χ0v) is 11.9. The van der Waals surface area contributed by atoms with E-state index < -0.39 is 17.9 Å². The molecule has 0 radical (unpaired) electrons. The van der Waals surface area contributed by atoms with Crippen molar-refractivity contribution in [1.82, 2.24) is 0 Å². The van der Waals surface area contributed by atoms with E-state index in [1.165, 1.54) is 16.2 Å². The molecule has 21 heavy (non-hydrogen) atoms. The molecule has 3 rings (SSSR count). The largest absolute Gasteiger partial charge is 0.481 e. The molecule has 1 amide bonds. The Kier molecular flexibility index (Phi) is 3.48. The number of amides is 1. The van der Waals surface area contributed by atoms with Gasteiger partial charge in [-0.15, -0.1) is 11.3 Å². The van der Waals surface area contributed by atoms with E-state index in [0.29, 0.717) is 11.3 Å². The highest BCUT2D eigenvalue weighted by molar-refractivity contribution is 7.10. The molecule has 2 unspecified atom stereocenters. The van der Waals surface area contributed by atoms with Crippen LogP contribution in [0.4, 0.5) is 5.69 Å². The highest BCUT2D eigenvalue weighted by Gasteiger charge is 2.38. The van der Waals surface area contributed by atoms with Gasteiger partial charge in [-0.2, -0.15) is 0 Å². The van der Waals surface area contributed by atoms with E-state index in [0.717, 1.165) is 4.88 Å². The van der Waals surface area contributed by atoms with Gasteiger partial charge in [0.15, 0.2) is 0 Å². The van der Waals surface area contributed by atoms with E-state index in [1.807, 2.05) is 17.5 Å². The second-order valence-electron chi connectivity index (χ2n) is 4.89. The first-order valence-corrected chi connectivity index (χ1v) is 7.39. The number of fused-ring (bicyclic) bond motifs is 1. The predicted molar refractivity (Wildman–Crippen MR) is 80.4 cm³/mol. The Morgan fingerprint density at radius 3 is 2.71 bits per heavy atom. The van der Waals surface area contributed by atoms with Crippen LogP contribution in [0.5, 0.6) is 0 Å². The van der Waals surface area contributed by atoms with Crippen molar-refractivity contribution in [2.45, 2.75) is 12.0 Å². The maximum absolute atomic E-state index is 12.6. The predicted octanol–water partition coefficient (Wildman–Crippen LogP) is 1.96. The number of anilines is 1. The number of para-hydroxylation sites is 1. The monoisotopic (exact) mass is 302 g/mol. The van der Waals surface area contributed by atoms with Crippen LogP contribution in [0.15, 0.2) is 41.8 Å². The van der Waals surface area contributed by atoms with Crippen LogP contribution in [0.1, 0.15) is 22.4 Å². The molecule has 0 bridgehead atoms. The molecule has 2 atom stereocenters. The summed E-state index contributed by atoms with van der Waals surface area (Å²) in [6.45, 7) is 0.132. The number of carbonyl (C=O) groups is 2. The number of carboxylic acid groups (broad SMARTS) is 1. The second-order valence-corrected chi connectivity index (χ2v) is 5.87. The lowest BCUT2D eigenvalue weighted by Gasteiger charge is -2.21. The summed E-state index contributed by atoms with van der Waals surface area (Å²) in [6.07, 6.45) is 0. The summed E-state index contributed by atoms with van der Waals surface area (Å²) in [5, 5.41) is 11.2. The first kappa shape index (κ1) is 13.8. The molecule has 1 aliphatic rings. The summed E-state index contributed by atoms with van der Waals surface area (Å²) in [7, 11) is 0. The minimum Gasteiger partial charge on any atom is -0.481 e. The van der Waals surface area contributed by atoms with Crippen molar-refractivity contribution in [3.8, 4) is 0 Å². The Morgan fingerprint density at radius 2 is 2.05 bits per heavy atom. The fraction of sp³-hybridized carbons (Fsp3) is 0.200. The van der Waals surface area contributed by atoms with Gasteiger partial charge in [-0.05, 0) is 23.1 Å². The molecule has 1 aliphatic heterocycles. The summed E-state index contributed by atoms with van der Waals surface area (Å²) in [5.41, 5.74) is 7.32. The van der Waals surface area contributed by atoms with E-state index in [9.17, 15) is 14.7 Å². The Bertz CT molecular complexity index is 684. The van der Waals surface area contributed by atoms with Crippen LogP contribution in [-0.4, -0.2) is 23.5 Å². The maximum atomic E-state index is 12.6. The highest BCUT2D eigenvalue weighted by Crippen LogP contribution is 2.37. The minimum absolute atomic E-state index is 0.132. The van der Waals surface area contributed by atoms with Crippen molar-refractivity contribution in [2.24, 2.45) is 5.73 Å². The minimum atomic E-state index is -0.928. The Balaban J connectivity index is 1.93.